The molecule has 0 unspecified atom stereocenters. The fourth-order valence-corrected chi connectivity index (χ4v) is 3.23. The summed E-state index contributed by atoms with van der Waals surface area (Å²) in [5.74, 6) is 0.996. The van der Waals surface area contributed by atoms with Crippen molar-refractivity contribution >= 4 is 16.3 Å². The van der Waals surface area contributed by atoms with E-state index in [0.717, 1.165) is 29.7 Å². The first-order valence-corrected chi connectivity index (χ1v) is 7.34. The molecule has 92 valence electrons. The molecule has 3 nitrogen and oxygen atoms in total. The Hall–Kier alpha value is -0.870. The Balaban J connectivity index is 1.56. The van der Waals surface area contributed by atoms with Gasteiger partial charge in [-0.3, -0.25) is 4.40 Å². The van der Waals surface area contributed by atoms with E-state index in [1.165, 1.54) is 31.4 Å². The van der Waals surface area contributed by atoms with Crippen LogP contribution in [0, 0.1) is 12.8 Å². The number of hydrogen-bond acceptors (Lipinski definition) is 3. The maximum Gasteiger partial charge on any atom is 0.194 e. The Labute approximate surface area is 106 Å². The number of aromatic nitrogens is 2. The van der Waals surface area contributed by atoms with Crippen LogP contribution in [0.5, 0.6) is 0 Å². The van der Waals surface area contributed by atoms with Gasteiger partial charge >= 0.3 is 0 Å². The summed E-state index contributed by atoms with van der Waals surface area (Å²) in [6, 6.07) is 0. The van der Waals surface area contributed by atoms with E-state index in [4.69, 9.17) is 0 Å². The molecule has 1 saturated carbocycles. The van der Waals surface area contributed by atoms with Crippen molar-refractivity contribution in [2.24, 2.45) is 5.92 Å². The van der Waals surface area contributed by atoms with Gasteiger partial charge in [-0.1, -0.05) is 19.3 Å². The number of rotatable bonds is 5. The van der Waals surface area contributed by atoms with E-state index in [1.54, 1.807) is 11.3 Å². The maximum absolute atomic E-state index is 4.56. The van der Waals surface area contributed by atoms with E-state index in [9.17, 15) is 0 Å². The lowest BCUT2D eigenvalue weighted by molar-refractivity contribution is 0.292. The molecule has 0 saturated heterocycles. The number of hydrogen-bond donors (Lipinski definition) is 1. The van der Waals surface area contributed by atoms with Crippen molar-refractivity contribution in [3.05, 3.63) is 23.0 Å². The van der Waals surface area contributed by atoms with Gasteiger partial charge in [0.15, 0.2) is 4.96 Å². The molecule has 1 fully saturated rings. The molecule has 2 aromatic rings. The molecular weight excluding hydrogens is 230 g/mol. The van der Waals surface area contributed by atoms with Crippen molar-refractivity contribution in [2.75, 3.05) is 6.54 Å². The third-order valence-electron chi connectivity index (χ3n) is 3.81. The summed E-state index contributed by atoms with van der Waals surface area (Å²) in [4.78, 5) is 5.67. The van der Waals surface area contributed by atoms with Gasteiger partial charge in [-0.25, -0.2) is 4.98 Å². The smallest absolute Gasteiger partial charge is 0.194 e. The number of imidazole rings is 1. The average molecular weight is 249 g/mol. The second-order valence-electron chi connectivity index (χ2n) is 4.96. The number of aryl methyl sites for hydroxylation is 1. The van der Waals surface area contributed by atoms with Crippen molar-refractivity contribution < 1.29 is 0 Å². The first-order valence-electron chi connectivity index (χ1n) is 6.46. The van der Waals surface area contributed by atoms with Gasteiger partial charge in [-0.15, -0.1) is 11.3 Å². The van der Waals surface area contributed by atoms with Crippen molar-refractivity contribution in [3.8, 4) is 0 Å². The van der Waals surface area contributed by atoms with E-state index in [0.29, 0.717) is 0 Å². The van der Waals surface area contributed by atoms with Gasteiger partial charge in [0, 0.05) is 18.1 Å². The van der Waals surface area contributed by atoms with Gasteiger partial charge in [0.1, 0.15) is 0 Å². The molecule has 0 atom stereocenters. The zero-order chi connectivity index (χ0) is 11.7. The second-order valence-corrected chi connectivity index (χ2v) is 5.83. The van der Waals surface area contributed by atoms with Crippen LogP contribution in [0.2, 0.25) is 0 Å². The summed E-state index contributed by atoms with van der Waals surface area (Å²) in [6.45, 7) is 4.18. The van der Waals surface area contributed by atoms with Crippen LogP contribution in [0.1, 0.15) is 37.1 Å². The van der Waals surface area contributed by atoms with Crippen LogP contribution in [0.3, 0.4) is 0 Å². The first kappa shape index (κ1) is 11.2. The van der Waals surface area contributed by atoms with E-state index >= 15 is 0 Å². The molecule has 0 amide bonds. The predicted octanol–water partition coefficient (Wildman–Crippen LogP) is 2.98. The van der Waals surface area contributed by atoms with Gasteiger partial charge in [-0.05, 0) is 25.8 Å². The summed E-state index contributed by atoms with van der Waals surface area (Å²) in [7, 11) is 0. The van der Waals surface area contributed by atoms with Crippen LogP contribution in [0.4, 0.5) is 0 Å². The molecule has 2 heterocycles. The van der Waals surface area contributed by atoms with Crippen molar-refractivity contribution in [1.82, 2.24) is 14.7 Å². The zero-order valence-corrected chi connectivity index (χ0v) is 11.1. The Morgan fingerprint density at radius 1 is 1.53 bits per heavy atom. The minimum Gasteiger partial charge on any atom is -0.311 e. The Morgan fingerprint density at radius 3 is 3.18 bits per heavy atom. The van der Waals surface area contributed by atoms with Gasteiger partial charge in [-0.2, -0.15) is 0 Å². The van der Waals surface area contributed by atoms with Crippen molar-refractivity contribution in [3.63, 3.8) is 0 Å². The molecule has 4 heteroatoms. The van der Waals surface area contributed by atoms with Crippen molar-refractivity contribution in [1.29, 1.82) is 0 Å². The lowest BCUT2D eigenvalue weighted by Crippen LogP contribution is -2.21. The van der Waals surface area contributed by atoms with Gasteiger partial charge in [0.2, 0.25) is 0 Å². The molecule has 1 aliphatic carbocycles. The highest BCUT2D eigenvalue weighted by atomic mass is 32.1. The molecule has 3 rings (SSSR count). The van der Waals surface area contributed by atoms with Crippen LogP contribution in [0.15, 0.2) is 11.6 Å². The fourth-order valence-electron chi connectivity index (χ4n) is 2.45. The molecule has 0 spiro atoms. The quantitative estimate of drug-likeness (QED) is 0.825. The number of nitrogens with one attached hydrogen (secondary N) is 1. The highest BCUT2D eigenvalue weighted by molar-refractivity contribution is 7.15. The van der Waals surface area contributed by atoms with Crippen LogP contribution in [-0.4, -0.2) is 15.9 Å². The number of fused-ring (bicyclic) bond motifs is 1. The highest BCUT2D eigenvalue weighted by Gasteiger charge is 2.16. The average Bonchev–Trinajstić information content (AvgIpc) is 2.77. The first-order chi connectivity index (χ1) is 8.34. The van der Waals surface area contributed by atoms with Crippen LogP contribution < -0.4 is 5.32 Å². The van der Waals surface area contributed by atoms with E-state index < -0.39 is 0 Å². The lowest BCUT2D eigenvalue weighted by atomic mass is 9.83. The molecule has 0 radical (unpaired) electrons. The molecule has 1 N–H and O–H groups in total. The fraction of sp³-hybridized carbons (Fsp3) is 0.615. The molecule has 1 aliphatic rings. The zero-order valence-electron chi connectivity index (χ0n) is 10.3. The summed E-state index contributed by atoms with van der Waals surface area (Å²) in [5.41, 5.74) is 2.47. The highest BCUT2D eigenvalue weighted by Crippen LogP contribution is 2.28. The standard InChI is InChI=1S/C13H19N3S/c1-10-12(16-7-8-17-13(16)15-10)9-14-6-5-11-3-2-4-11/h7-8,11,14H,2-6,9H2,1H3. The molecule has 2 aromatic heterocycles. The Kier molecular flexibility index (Phi) is 3.16. The van der Waals surface area contributed by atoms with E-state index in [2.05, 4.69) is 33.2 Å². The van der Waals surface area contributed by atoms with Crippen LogP contribution in [-0.2, 0) is 6.54 Å². The summed E-state index contributed by atoms with van der Waals surface area (Å²) >= 11 is 1.70. The topological polar surface area (TPSA) is 29.3 Å². The number of thiazole rings is 1. The molecule has 0 aliphatic heterocycles. The van der Waals surface area contributed by atoms with Gasteiger partial charge < -0.3 is 5.32 Å². The third kappa shape index (κ3) is 2.24. The van der Waals surface area contributed by atoms with Crippen LogP contribution in [0.25, 0.3) is 4.96 Å². The minimum absolute atomic E-state index is 0.941. The SMILES string of the molecule is Cc1nc2sccn2c1CNCCC1CCC1. The molecule has 0 aromatic carbocycles. The van der Waals surface area contributed by atoms with Crippen molar-refractivity contribution in [2.45, 2.75) is 39.2 Å². The molecular formula is C13H19N3S. The van der Waals surface area contributed by atoms with Gasteiger partial charge in [0.25, 0.3) is 0 Å². The summed E-state index contributed by atoms with van der Waals surface area (Å²) < 4.78 is 2.20. The van der Waals surface area contributed by atoms with E-state index in [1.807, 2.05) is 0 Å². The Morgan fingerprint density at radius 2 is 2.41 bits per heavy atom. The Bertz CT molecular complexity index is 496. The molecule has 0 bridgehead atoms. The third-order valence-corrected chi connectivity index (χ3v) is 4.56. The van der Waals surface area contributed by atoms with E-state index in [-0.39, 0.29) is 0 Å². The maximum atomic E-state index is 4.56. The second kappa shape index (κ2) is 4.78. The molecule has 17 heavy (non-hydrogen) atoms. The predicted molar refractivity (Wildman–Crippen MR) is 71.5 cm³/mol. The minimum atomic E-state index is 0.941. The normalized spacial score (nSPS) is 16.5. The summed E-state index contributed by atoms with van der Waals surface area (Å²) in [5, 5.41) is 5.65. The van der Waals surface area contributed by atoms with Gasteiger partial charge in [0.05, 0.1) is 11.4 Å². The van der Waals surface area contributed by atoms with Crippen LogP contribution >= 0.6 is 11.3 Å². The summed E-state index contributed by atoms with van der Waals surface area (Å²) in [6.07, 6.45) is 7.79. The largest absolute Gasteiger partial charge is 0.311 e. The lowest BCUT2D eigenvalue weighted by Gasteiger charge is -2.25. The number of nitrogens with zero attached hydrogens (tertiary/aromatic N) is 2. The monoisotopic (exact) mass is 249 g/mol.